The molecule has 0 saturated carbocycles. The normalized spacial score (nSPS) is 11.6. The number of nitrogens with one attached hydrogen (secondary N) is 1. The number of aryl methyl sites for hydroxylation is 2. The maximum atomic E-state index is 13.2. The van der Waals surface area contributed by atoms with Gasteiger partial charge in [-0.2, -0.15) is 9.46 Å². The molecular formula is C31H32N6O3S. The van der Waals surface area contributed by atoms with Crippen molar-refractivity contribution in [1.82, 2.24) is 19.7 Å². The first-order valence-corrected chi connectivity index (χ1v) is 14.3. The van der Waals surface area contributed by atoms with Crippen molar-refractivity contribution in [1.29, 1.82) is 0 Å². The zero-order chi connectivity index (χ0) is 29.4. The lowest BCUT2D eigenvalue weighted by molar-refractivity contribution is 0.1000. The fraction of sp³-hybridized carbons (Fsp3) is 0.226. The molecule has 0 aliphatic carbocycles. The molecule has 41 heavy (non-hydrogen) atoms. The Labute approximate surface area is 242 Å². The number of aromatic nitrogens is 3. The van der Waals surface area contributed by atoms with E-state index in [-0.39, 0.29) is 11.7 Å². The first-order chi connectivity index (χ1) is 19.7. The number of carbonyl (C=O) groups is 2. The molecule has 0 aliphatic heterocycles. The van der Waals surface area contributed by atoms with Crippen LogP contribution in [-0.4, -0.2) is 63.0 Å². The van der Waals surface area contributed by atoms with Crippen LogP contribution in [0.2, 0.25) is 0 Å². The maximum Gasteiger partial charge on any atom is 0.284 e. The third-order valence-corrected chi connectivity index (χ3v) is 7.86. The standard InChI is InChI=1S/C31H32N6O3S/c1-22-17-27(37(4)34-22)31(40)33-26-10-7-9-23(19-26)13-14-24-18-25(21-32-20-24)30(39)35-41(16-8-15-36(2)3)29-12-6-5-11-28(29)38/h5-7,9-12,17-21,38H,8,15-16H2,1-4H3,(H,33,40)/t41-/m0/s1. The number of pyridine rings is 1. The topological polar surface area (TPSA) is 113 Å². The molecule has 2 N–H and O–H groups in total. The van der Waals surface area contributed by atoms with E-state index in [0.717, 1.165) is 18.7 Å². The van der Waals surface area contributed by atoms with Gasteiger partial charge in [0, 0.05) is 42.0 Å². The zero-order valence-electron chi connectivity index (χ0n) is 23.5. The predicted octanol–water partition coefficient (Wildman–Crippen LogP) is 4.43. The summed E-state index contributed by atoms with van der Waals surface area (Å²) in [5.74, 6) is 6.21. The smallest absolute Gasteiger partial charge is 0.284 e. The van der Waals surface area contributed by atoms with Crippen LogP contribution in [-0.2, 0) is 17.7 Å². The van der Waals surface area contributed by atoms with Gasteiger partial charge in [0.1, 0.15) is 11.4 Å². The van der Waals surface area contributed by atoms with Gasteiger partial charge >= 0.3 is 0 Å². The Morgan fingerprint density at radius 3 is 2.56 bits per heavy atom. The fourth-order valence-electron chi connectivity index (χ4n) is 3.99. The van der Waals surface area contributed by atoms with E-state index in [0.29, 0.717) is 38.7 Å². The molecule has 2 aromatic heterocycles. The first-order valence-electron chi connectivity index (χ1n) is 13.0. The number of hydrogen-bond acceptors (Lipinski definition) is 6. The van der Waals surface area contributed by atoms with E-state index in [9.17, 15) is 14.7 Å². The molecule has 1 atom stereocenters. The van der Waals surface area contributed by atoms with Crippen LogP contribution < -0.4 is 5.32 Å². The van der Waals surface area contributed by atoms with Crippen molar-refractivity contribution in [2.24, 2.45) is 11.4 Å². The summed E-state index contributed by atoms with van der Waals surface area (Å²) < 4.78 is 6.02. The molecule has 0 bridgehead atoms. The third-order valence-electron chi connectivity index (χ3n) is 5.95. The van der Waals surface area contributed by atoms with Gasteiger partial charge in [-0.05, 0) is 76.4 Å². The van der Waals surface area contributed by atoms with Gasteiger partial charge in [-0.1, -0.05) is 40.7 Å². The number of aromatic hydroxyl groups is 1. The number of amides is 2. The summed E-state index contributed by atoms with van der Waals surface area (Å²) in [6.45, 7) is 2.68. The molecule has 4 aromatic rings. The second-order valence-corrected chi connectivity index (χ2v) is 11.4. The van der Waals surface area contributed by atoms with Gasteiger partial charge in [-0.25, -0.2) is 0 Å². The highest BCUT2D eigenvalue weighted by Crippen LogP contribution is 2.23. The minimum Gasteiger partial charge on any atom is -0.507 e. The average molecular weight is 569 g/mol. The number of para-hydroxylation sites is 1. The Balaban J connectivity index is 1.52. The lowest BCUT2D eigenvalue weighted by Crippen LogP contribution is -2.16. The van der Waals surface area contributed by atoms with Crippen molar-refractivity contribution in [3.8, 4) is 17.6 Å². The summed E-state index contributed by atoms with van der Waals surface area (Å²) in [6.07, 6.45) is 3.88. The quantitative estimate of drug-likeness (QED) is 0.304. The Morgan fingerprint density at radius 2 is 1.83 bits per heavy atom. The van der Waals surface area contributed by atoms with E-state index >= 15 is 0 Å². The molecule has 2 heterocycles. The third kappa shape index (κ3) is 8.20. The van der Waals surface area contributed by atoms with E-state index in [1.165, 1.54) is 10.9 Å². The molecular weight excluding hydrogens is 536 g/mol. The number of phenolic OH excluding ortho intramolecular Hbond substituents is 1. The van der Waals surface area contributed by atoms with Crippen molar-refractivity contribution < 1.29 is 14.7 Å². The minimum absolute atomic E-state index is 0.129. The summed E-state index contributed by atoms with van der Waals surface area (Å²) in [4.78, 5) is 32.7. The lowest BCUT2D eigenvalue weighted by Gasteiger charge is -2.12. The minimum atomic E-state index is -0.813. The van der Waals surface area contributed by atoms with Crippen LogP contribution in [0.15, 0.2) is 82.3 Å². The Hall–Kier alpha value is -4.59. The van der Waals surface area contributed by atoms with Crippen LogP contribution in [0.3, 0.4) is 0 Å². The predicted molar refractivity (Wildman–Crippen MR) is 161 cm³/mol. The Bertz CT molecular complexity index is 1670. The number of anilines is 1. The van der Waals surface area contributed by atoms with E-state index < -0.39 is 16.6 Å². The number of hydrogen-bond donors (Lipinski definition) is 2. The molecule has 0 aliphatic rings. The SMILES string of the molecule is Cc1cc(C(=O)Nc2cccc(C#Cc3cncc(C(=O)N=[S@@](CCCN(C)C)c4ccccc4O)c3)c2)n(C)n1. The largest absolute Gasteiger partial charge is 0.507 e. The van der Waals surface area contributed by atoms with E-state index in [4.69, 9.17) is 0 Å². The Kier molecular flexibility index (Phi) is 9.79. The second kappa shape index (κ2) is 13.7. The van der Waals surface area contributed by atoms with Crippen molar-refractivity contribution >= 4 is 28.2 Å². The molecule has 0 saturated heterocycles. The summed E-state index contributed by atoms with van der Waals surface area (Å²) in [7, 11) is 4.90. The number of carbonyl (C=O) groups excluding carboxylic acids is 2. The molecule has 0 fully saturated rings. The van der Waals surface area contributed by atoms with Crippen molar-refractivity contribution in [3.63, 3.8) is 0 Å². The molecule has 4 rings (SSSR count). The zero-order valence-corrected chi connectivity index (χ0v) is 24.3. The summed E-state index contributed by atoms with van der Waals surface area (Å²) in [6, 6.07) is 17.6. The highest BCUT2D eigenvalue weighted by Gasteiger charge is 2.13. The van der Waals surface area contributed by atoms with E-state index in [2.05, 4.69) is 36.5 Å². The molecule has 210 valence electrons. The van der Waals surface area contributed by atoms with Gasteiger partial charge in [0.05, 0.1) is 16.2 Å². The van der Waals surface area contributed by atoms with Gasteiger partial charge < -0.3 is 15.3 Å². The summed E-state index contributed by atoms with van der Waals surface area (Å²) in [5, 5.41) is 17.5. The van der Waals surface area contributed by atoms with Gasteiger partial charge in [0.2, 0.25) is 0 Å². The lowest BCUT2D eigenvalue weighted by atomic mass is 10.1. The van der Waals surface area contributed by atoms with Gasteiger partial charge in [-0.15, -0.1) is 0 Å². The molecule has 2 aromatic carbocycles. The van der Waals surface area contributed by atoms with Crippen molar-refractivity contribution in [3.05, 3.63) is 101 Å². The Morgan fingerprint density at radius 1 is 1.05 bits per heavy atom. The molecule has 0 spiro atoms. The van der Waals surface area contributed by atoms with Gasteiger partial charge in [0.25, 0.3) is 11.8 Å². The maximum absolute atomic E-state index is 13.2. The molecule has 2 amide bonds. The number of phenols is 1. The van der Waals surface area contributed by atoms with Crippen LogP contribution in [0.25, 0.3) is 0 Å². The number of rotatable bonds is 8. The summed E-state index contributed by atoms with van der Waals surface area (Å²) >= 11 is 0. The van der Waals surface area contributed by atoms with E-state index in [1.807, 2.05) is 39.2 Å². The highest BCUT2D eigenvalue weighted by atomic mass is 32.2. The molecule has 0 unspecified atom stereocenters. The van der Waals surface area contributed by atoms with Crippen LogP contribution in [0, 0.1) is 18.8 Å². The van der Waals surface area contributed by atoms with E-state index in [1.54, 1.807) is 55.7 Å². The van der Waals surface area contributed by atoms with Crippen LogP contribution in [0.1, 0.15) is 44.1 Å². The van der Waals surface area contributed by atoms with Crippen LogP contribution in [0.4, 0.5) is 5.69 Å². The van der Waals surface area contributed by atoms with Crippen molar-refractivity contribution in [2.75, 3.05) is 31.7 Å². The number of benzene rings is 2. The van der Waals surface area contributed by atoms with Crippen LogP contribution in [0.5, 0.6) is 5.75 Å². The highest BCUT2D eigenvalue weighted by molar-refractivity contribution is 7.87. The summed E-state index contributed by atoms with van der Waals surface area (Å²) in [5.41, 5.74) is 3.39. The monoisotopic (exact) mass is 568 g/mol. The van der Waals surface area contributed by atoms with Crippen molar-refractivity contribution in [2.45, 2.75) is 18.2 Å². The average Bonchev–Trinajstić information content (AvgIpc) is 3.29. The fourth-order valence-corrected chi connectivity index (χ4v) is 5.66. The number of nitrogens with zero attached hydrogens (tertiary/aromatic N) is 5. The molecule has 0 radical (unpaired) electrons. The van der Waals surface area contributed by atoms with Gasteiger partial charge in [-0.3, -0.25) is 19.3 Å². The molecule has 10 heteroatoms. The van der Waals surface area contributed by atoms with Crippen LogP contribution >= 0.6 is 0 Å². The second-order valence-electron chi connectivity index (χ2n) is 9.63. The molecule has 9 nitrogen and oxygen atoms in total. The van der Waals surface area contributed by atoms with Gasteiger partial charge in [0.15, 0.2) is 0 Å². The first kappa shape index (κ1) is 29.4.